The van der Waals surface area contributed by atoms with Crippen LogP contribution in [0.5, 0.6) is 5.75 Å². The van der Waals surface area contributed by atoms with Crippen molar-refractivity contribution < 1.29 is 4.74 Å². The molecule has 4 heteroatoms. The molecule has 0 N–H and O–H groups in total. The highest BCUT2D eigenvalue weighted by Gasteiger charge is 2.18. The molecule has 172 valence electrons. The molecule has 1 heterocycles. The highest BCUT2D eigenvalue weighted by Crippen LogP contribution is 2.35. The van der Waals surface area contributed by atoms with Crippen molar-refractivity contribution in [1.29, 1.82) is 0 Å². The van der Waals surface area contributed by atoms with Crippen LogP contribution in [0.3, 0.4) is 0 Å². The third kappa shape index (κ3) is 5.07. The van der Waals surface area contributed by atoms with E-state index < -0.39 is 0 Å². The molecule has 34 heavy (non-hydrogen) atoms. The molecule has 0 unspecified atom stereocenters. The monoisotopic (exact) mass is 466 g/mol. The first-order valence-electron chi connectivity index (χ1n) is 11.8. The molecular formula is C30H30N2OS. The van der Waals surface area contributed by atoms with Crippen molar-refractivity contribution in [3.05, 3.63) is 114 Å². The number of fused-ring (bicyclic) bond motifs is 1. The van der Waals surface area contributed by atoms with E-state index in [-0.39, 0.29) is 0 Å². The number of aryl methyl sites for hydroxylation is 1. The van der Waals surface area contributed by atoms with Gasteiger partial charge in [0.2, 0.25) is 0 Å². The average molecular weight is 467 g/mol. The van der Waals surface area contributed by atoms with Crippen LogP contribution in [-0.2, 0) is 13.1 Å². The summed E-state index contributed by atoms with van der Waals surface area (Å²) < 4.78 is 6.04. The van der Waals surface area contributed by atoms with Gasteiger partial charge in [-0.2, -0.15) is 0 Å². The zero-order chi connectivity index (χ0) is 23.3. The van der Waals surface area contributed by atoms with Gasteiger partial charge in [-0.1, -0.05) is 54.2 Å². The summed E-state index contributed by atoms with van der Waals surface area (Å²) in [6.07, 6.45) is 0. The van der Waals surface area contributed by atoms with Crippen LogP contribution in [0.1, 0.15) is 23.6 Å². The number of ether oxygens (including phenoxy) is 1. The summed E-state index contributed by atoms with van der Waals surface area (Å²) in [4.78, 5) is 7.19. The lowest BCUT2D eigenvalue weighted by Crippen LogP contribution is -2.31. The maximum atomic E-state index is 6.04. The van der Waals surface area contributed by atoms with Gasteiger partial charge in [0.25, 0.3) is 0 Å². The summed E-state index contributed by atoms with van der Waals surface area (Å²) in [5.74, 6) is 0.988. The average Bonchev–Trinajstić information content (AvgIpc) is 2.89. The van der Waals surface area contributed by atoms with E-state index in [0.29, 0.717) is 6.73 Å². The zero-order valence-electron chi connectivity index (χ0n) is 19.8. The van der Waals surface area contributed by atoms with Gasteiger partial charge >= 0.3 is 0 Å². The highest BCUT2D eigenvalue weighted by molar-refractivity contribution is 7.99. The fraction of sp³-hybridized carbons (Fsp3) is 0.200. The van der Waals surface area contributed by atoms with Crippen molar-refractivity contribution in [2.24, 2.45) is 0 Å². The predicted molar refractivity (Wildman–Crippen MR) is 143 cm³/mol. The van der Waals surface area contributed by atoms with Crippen LogP contribution in [-0.4, -0.2) is 13.3 Å². The molecule has 0 amide bonds. The smallest absolute Gasteiger partial charge is 0.161 e. The topological polar surface area (TPSA) is 15.7 Å². The second-order valence-corrected chi connectivity index (χ2v) is 9.76. The molecule has 0 fully saturated rings. The van der Waals surface area contributed by atoms with Crippen molar-refractivity contribution in [1.82, 2.24) is 0 Å². The van der Waals surface area contributed by atoms with E-state index in [1.54, 1.807) is 0 Å². The maximum absolute atomic E-state index is 6.04. The molecular weight excluding hydrogens is 436 g/mol. The fourth-order valence-corrected chi connectivity index (χ4v) is 5.28. The van der Waals surface area contributed by atoms with Crippen LogP contribution in [0.4, 0.5) is 11.4 Å². The van der Waals surface area contributed by atoms with Gasteiger partial charge in [0, 0.05) is 46.4 Å². The Kier molecular flexibility index (Phi) is 6.77. The molecule has 3 nitrogen and oxygen atoms in total. The molecule has 0 radical (unpaired) electrons. The van der Waals surface area contributed by atoms with Gasteiger partial charge in [-0.05, 0) is 79.6 Å². The molecule has 0 saturated carbocycles. The zero-order valence-corrected chi connectivity index (χ0v) is 20.6. The van der Waals surface area contributed by atoms with Crippen LogP contribution in [0.2, 0.25) is 0 Å². The van der Waals surface area contributed by atoms with Crippen molar-refractivity contribution in [3.8, 4) is 5.75 Å². The first-order chi connectivity index (χ1) is 16.7. The van der Waals surface area contributed by atoms with Gasteiger partial charge in [-0.3, -0.25) is 0 Å². The number of nitrogens with zero attached hydrogens (tertiary/aromatic N) is 2. The number of anilines is 2. The largest absolute Gasteiger partial charge is 0.473 e. The van der Waals surface area contributed by atoms with Crippen molar-refractivity contribution in [2.45, 2.75) is 36.7 Å². The van der Waals surface area contributed by atoms with E-state index in [0.717, 1.165) is 25.4 Å². The number of hydrogen-bond acceptors (Lipinski definition) is 4. The first kappa shape index (κ1) is 22.4. The maximum Gasteiger partial charge on any atom is 0.161 e. The Morgan fingerprint density at radius 3 is 2.32 bits per heavy atom. The summed E-state index contributed by atoms with van der Waals surface area (Å²) in [7, 11) is 0. The predicted octanol–water partition coefficient (Wildman–Crippen LogP) is 7.53. The molecule has 0 aliphatic carbocycles. The minimum atomic E-state index is 0.583. The molecule has 4 aromatic rings. The van der Waals surface area contributed by atoms with Gasteiger partial charge in [0.15, 0.2) is 6.73 Å². The van der Waals surface area contributed by atoms with E-state index in [4.69, 9.17) is 4.74 Å². The van der Waals surface area contributed by atoms with Crippen LogP contribution in [0.15, 0.2) is 107 Å². The quantitative estimate of drug-likeness (QED) is 0.280. The number of benzene rings is 4. The Balaban J connectivity index is 1.33. The van der Waals surface area contributed by atoms with E-state index in [9.17, 15) is 0 Å². The SMILES string of the molecule is CCN(Cc1cc(Sc2ccc3c(c2)CN(c2ccccc2)CO3)ccc1C)c1ccccc1. The van der Waals surface area contributed by atoms with Gasteiger partial charge in [-0.25, -0.2) is 0 Å². The lowest BCUT2D eigenvalue weighted by atomic mass is 10.1. The van der Waals surface area contributed by atoms with Crippen LogP contribution >= 0.6 is 11.8 Å². The lowest BCUT2D eigenvalue weighted by molar-refractivity contribution is 0.289. The second kappa shape index (κ2) is 10.3. The van der Waals surface area contributed by atoms with E-state index in [1.807, 2.05) is 17.8 Å². The summed E-state index contributed by atoms with van der Waals surface area (Å²) in [6.45, 7) is 7.75. The second-order valence-electron chi connectivity index (χ2n) is 8.62. The molecule has 0 atom stereocenters. The van der Waals surface area contributed by atoms with Gasteiger partial charge in [0.05, 0.1) is 0 Å². The normalized spacial score (nSPS) is 12.7. The Labute approximate surface area is 207 Å². The molecule has 0 bridgehead atoms. The third-order valence-electron chi connectivity index (χ3n) is 6.31. The van der Waals surface area contributed by atoms with Crippen molar-refractivity contribution in [2.75, 3.05) is 23.1 Å². The Morgan fingerprint density at radius 2 is 1.56 bits per heavy atom. The van der Waals surface area contributed by atoms with Crippen LogP contribution in [0.25, 0.3) is 0 Å². The number of hydrogen-bond donors (Lipinski definition) is 0. The Morgan fingerprint density at radius 1 is 0.853 bits per heavy atom. The standard InChI is InChI=1S/C30H30N2OS/c1-3-31(26-10-6-4-7-11-26)20-24-18-28(15-14-23(24)2)34-29-16-17-30-25(19-29)21-32(22-33-30)27-12-8-5-9-13-27/h4-19H,3,20-22H2,1-2H3. The first-order valence-corrected chi connectivity index (χ1v) is 12.6. The number of para-hydroxylation sites is 2. The van der Waals surface area contributed by atoms with Gasteiger partial charge < -0.3 is 14.5 Å². The molecule has 0 spiro atoms. The summed E-state index contributed by atoms with van der Waals surface area (Å²) in [6, 6.07) is 34.5. The van der Waals surface area contributed by atoms with E-state index in [1.165, 1.54) is 37.9 Å². The molecule has 4 aromatic carbocycles. The summed E-state index contributed by atoms with van der Waals surface area (Å²) in [5, 5.41) is 0. The van der Waals surface area contributed by atoms with Gasteiger partial charge in [0.1, 0.15) is 5.75 Å². The minimum absolute atomic E-state index is 0.583. The number of rotatable bonds is 7. The van der Waals surface area contributed by atoms with Crippen molar-refractivity contribution in [3.63, 3.8) is 0 Å². The summed E-state index contributed by atoms with van der Waals surface area (Å²) >= 11 is 1.82. The highest BCUT2D eigenvalue weighted by atomic mass is 32.2. The van der Waals surface area contributed by atoms with Crippen LogP contribution in [0, 0.1) is 6.92 Å². The minimum Gasteiger partial charge on any atom is -0.473 e. The molecule has 0 saturated heterocycles. The van der Waals surface area contributed by atoms with Crippen molar-refractivity contribution >= 4 is 23.1 Å². The Bertz CT molecular complexity index is 1240. The van der Waals surface area contributed by atoms with E-state index in [2.05, 4.69) is 115 Å². The lowest BCUT2D eigenvalue weighted by Gasteiger charge is -2.31. The molecule has 1 aliphatic heterocycles. The Hall–Kier alpha value is -3.37. The fourth-order valence-electron chi connectivity index (χ4n) is 4.33. The molecule has 5 rings (SSSR count). The summed E-state index contributed by atoms with van der Waals surface area (Å²) in [5.41, 5.74) is 6.38. The molecule has 1 aliphatic rings. The van der Waals surface area contributed by atoms with E-state index >= 15 is 0 Å². The molecule has 0 aromatic heterocycles. The third-order valence-corrected chi connectivity index (χ3v) is 7.29. The van der Waals surface area contributed by atoms with Crippen LogP contribution < -0.4 is 14.5 Å². The van der Waals surface area contributed by atoms with Gasteiger partial charge in [-0.15, -0.1) is 0 Å².